The molecule has 0 fully saturated rings. The Bertz CT molecular complexity index is 1050. The molecule has 0 bridgehead atoms. The van der Waals surface area contributed by atoms with E-state index in [2.05, 4.69) is 20.4 Å². The number of aromatic nitrogens is 3. The molecule has 1 amide bonds. The van der Waals surface area contributed by atoms with Crippen LogP contribution in [-0.4, -0.2) is 21.0 Å². The summed E-state index contributed by atoms with van der Waals surface area (Å²) >= 11 is 0. The second kappa shape index (κ2) is 7.61. The first kappa shape index (κ1) is 16.7. The van der Waals surface area contributed by atoms with Gasteiger partial charge in [0.2, 0.25) is 11.7 Å². The van der Waals surface area contributed by atoms with E-state index in [1.165, 1.54) is 0 Å². The molecule has 0 atom stereocenters. The molecule has 4 rings (SSSR count). The van der Waals surface area contributed by atoms with Crippen molar-refractivity contribution in [3.05, 3.63) is 96.1 Å². The van der Waals surface area contributed by atoms with Crippen LogP contribution < -0.4 is 5.32 Å². The van der Waals surface area contributed by atoms with Crippen LogP contribution >= 0.6 is 0 Å². The third-order valence-corrected chi connectivity index (χ3v) is 4.03. The minimum Gasteiger partial charge on any atom is -0.339 e. The molecule has 0 spiro atoms. The fourth-order valence-electron chi connectivity index (χ4n) is 2.68. The van der Waals surface area contributed by atoms with Gasteiger partial charge in [-0.3, -0.25) is 9.78 Å². The summed E-state index contributed by atoms with van der Waals surface area (Å²) in [5.74, 6) is 0.795. The largest absolute Gasteiger partial charge is 0.339 e. The molecule has 2 aromatic carbocycles. The minimum absolute atomic E-state index is 0.162. The Labute approximate surface area is 155 Å². The van der Waals surface area contributed by atoms with E-state index in [1.54, 1.807) is 24.5 Å². The Balaban J connectivity index is 1.54. The van der Waals surface area contributed by atoms with Crippen LogP contribution in [0.15, 0.2) is 83.6 Å². The first-order chi connectivity index (χ1) is 13.3. The number of carbonyl (C=O) groups is 1. The lowest BCUT2D eigenvalue weighted by Crippen LogP contribution is -2.13. The Morgan fingerprint density at radius 1 is 0.963 bits per heavy atom. The van der Waals surface area contributed by atoms with Gasteiger partial charge in [-0.05, 0) is 35.9 Å². The summed E-state index contributed by atoms with van der Waals surface area (Å²) in [5, 5.41) is 6.95. The zero-order valence-electron chi connectivity index (χ0n) is 14.4. The van der Waals surface area contributed by atoms with Gasteiger partial charge >= 0.3 is 0 Å². The maximum absolute atomic E-state index is 12.4. The maximum atomic E-state index is 12.4. The third-order valence-electron chi connectivity index (χ3n) is 4.03. The number of hydrogen-bond acceptors (Lipinski definition) is 5. The molecule has 6 nitrogen and oxygen atoms in total. The molecule has 2 aromatic heterocycles. The molecule has 132 valence electrons. The first-order valence-corrected chi connectivity index (χ1v) is 8.47. The summed E-state index contributed by atoms with van der Waals surface area (Å²) in [6, 6.07) is 20.3. The Kier molecular flexibility index (Phi) is 4.70. The van der Waals surface area contributed by atoms with Crippen LogP contribution in [0.5, 0.6) is 0 Å². The number of anilines is 1. The second-order valence-electron chi connectivity index (χ2n) is 5.91. The summed E-state index contributed by atoms with van der Waals surface area (Å²) in [4.78, 5) is 20.9. The summed E-state index contributed by atoms with van der Waals surface area (Å²) in [5.41, 5.74) is 3.00. The van der Waals surface area contributed by atoms with Crippen molar-refractivity contribution in [3.63, 3.8) is 0 Å². The summed E-state index contributed by atoms with van der Waals surface area (Å²) in [7, 11) is 0. The molecule has 0 saturated carbocycles. The summed E-state index contributed by atoms with van der Waals surface area (Å²) in [6.45, 7) is 0. The molecule has 1 N–H and O–H groups in total. The van der Waals surface area contributed by atoms with E-state index >= 15 is 0 Å². The highest BCUT2D eigenvalue weighted by Crippen LogP contribution is 2.21. The van der Waals surface area contributed by atoms with Crippen molar-refractivity contribution >= 4 is 11.6 Å². The zero-order valence-corrected chi connectivity index (χ0v) is 14.4. The summed E-state index contributed by atoms with van der Waals surface area (Å²) < 4.78 is 5.37. The predicted octanol–water partition coefficient (Wildman–Crippen LogP) is 3.97. The molecular formula is C21H16N4O2. The lowest BCUT2D eigenvalue weighted by Gasteiger charge is -2.09. The molecule has 0 aliphatic rings. The van der Waals surface area contributed by atoms with E-state index in [9.17, 15) is 4.79 Å². The smallest absolute Gasteiger partial charge is 0.255 e. The van der Waals surface area contributed by atoms with Gasteiger partial charge < -0.3 is 9.84 Å². The number of rotatable bonds is 5. The van der Waals surface area contributed by atoms with Crippen molar-refractivity contribution < 1.29 is 9.32 Å². The van der Waals surface area contributed by atoms with E-state index in [4.69, 9.17) is 4.52 Å². The van der Waals surface area contributed by atoms with Crippen molar-refractivity contribution in [3.8, 4) is 11.4 Å². The number of benzene rings is 2. The van der Waals surface area contributed by atoms with Gasteiger partial charge in [0.15, 0.2) is 0 Å². The number of nitrogens with zero attached hydrogens (tertiary/aromatic N) is 3. The van der Waals surface area contributed by atoms with Crippen molar-refractivity contribution in [1.29, 1.82) is 0 Å². The van der Waals surface area contributed by atoms with Crippen molar-refractivity contribution in [2.24, 2.45) is 0 Å². The van der Waals surface area contributed by atoms with Crippen molar-refractivity contribution in [2.45, 2.75) is 6.42 Å². The molecule has 0 radical (unpaired) electrons. The van der Waals surface area contributed by atoms with Gasteiger partial charge in [-0.1, -0.05) is 41.6 Å². The SMILES string of the molecule is O=C(Nc1ccccc1Cc1nc(-c2cccnc2)no1)c1ccccc1. The molecule has 6 heteroatoms. The topological polar surface area (TPSA) is 80.9 Å². The van der Waals surface area contributed by atoms with Crippen LogP contribution in [0.1, 0.15) is 21.8 Å². The zero-order chi connectivity index (χ0) is 18.5. The first-order valence-electron chi connectivity index (χ1n) is 8.47. The Morgan fingerprint density at radius 2 is 1.78 bits per heavy atom. The molecule has 0 unspecified atom stereocenters. The molecule has 0 aliphatic heterocycles. The second-order valence-corrected chi connectivity index (χ2v) is 5.91. The number of amides is 1. The number of hydrogen-bond donors (Lipinski definition) is 1. The fourth-order valence-corrected chi connectivity index (χ4v) is 2.68. The molecule has 4 aromatic rings. The van der Waals surface area contributed by atoms with E-state index < -0.39 is 0 Å². The molecule has 27 heavy (non-hydrogen) atoms. The number of carbonyl (C=O) groups excluding carboxylic acids is 1. The highest BCUT2D eigenvalue weighted by atomic mass is 16.5. The van der Waals surface area contributed by atoms with Gasteiger partial charge in [0.25, 0.3) is 5.91 Å². The third kappa shape index (κ3) is 3.90. The van der Waals surface area contributed by atoms with E-state index in [0.717, 1.165) is 11.1 Å². The normalized spacial score (nSPS) is 10.5. The lowest BCUT2D eigenvalue weighted by molar-refractivity contribution is 0.102. The van der Waals surface area contributed by atoms with Crippen molar-refractivity contribution in [2.75, 3.05) is 5.32 Å². The maximum Gasteiger partial charge on any atom is 0.255 e. The van der Waals surface area contributed by atoms with Gasteiger partial charge in [0.1, 0.15) is 0 Å². The average molecular weight is 356 g/mol. The minimum atomic E-state index is -0.162. The van der Waals surface area contributed by atoms with Gasteiger partial charge in [-0.2, -0.15) is 4.98 Å². The number of pyridine rings is 1. The van der Waals surface area contributed by atoms with Crippen LogP contribution in [0.4, 0.5) is 5.69 Å². The monoisotopic (exact) mass is 356 g/mol. The number of para-hydroxylation sites is 1. The quantitative estimate of drug-likeness (QED) is 0.585. The highest BCUT2D eigenvalue weighted by Gasteiger charge is 2.13. The van der Waals surface area contributed by atoms with E-state index in [1.807, 2.05) is 54.6 Å². The predicted molar refractivity (Wildman–Crippen MR) is 101 cm³/mol. The summed E-state index contributed by atoms with van der Waals surface area (Å²) in [6.07, 6.45) is 3.79. The number of nitrogens with one attached hydrogen (secondary N) is 1. The van der Waals surface area contributed by atoms with Gasteiger partial charge in [0, 0.05) is 29.2 Å². The van der Waals surface area contributed by atoms with Crippen LogP contribution in [0.3, 0.4) is 0 Å². The van der Waals surface area contributed by atoms with Crippen LogP contribution in [-0.2, 0) is 6.42 Å². The molecule has 0 aliphatic carbocycles. The van der Waals surface area contributed by atoms with Gasteiger partial charge in [0.05, 0.1) is 6.42 Å². The fraction of sp³-hybridized carbons (Fsp3) is 0.0476. The van der Waals surface area contributed by atoms with E-state index in [0.29, 0.717) is 29.4 Å². The van der Waals surface area contributed by atoms with Crippen LogP contribution in [0.25, 0.3) is 11.4 Å². The van der Waals surface area contributed by atoms with Crippen molar-refractivity contribution in [1.82, 2.24) is 15.1 Å². The molecule has 2 heterocycles. The standard InChI is InChI=1S/C21H16N4O2/c26-21(15-7-2-1-3-8-15)23-18-11-5-4-9-16(18)13-19-24-20(25-27-19)17-10-6-12-22-14-17/h1-12,14H,13H2,(H,23,26). The Morgan fingerprint density at radius 3 is 2.59 bits per heavy atom. The molecular weight excluding hydrogens is 340 g/mol. The molecule has 0 saturated heterocycles. The van der Waals surface area contributed by atoms with Crippen LogP contribution in [0, 0.1) is 0 Å². The van der Waals surface area contributed by atoms with Gasteiger partial charge in [-0.25, -0.2) is 0 Å². The van der Waals surface area contributed by atoms with E-state index in [-0.39, 0.29) is 5.91 Å². The Hall–Kier alpha value is -3.80. The highest BCUT2D eigenvalue weighted by molar-refractivity contribution is 6.04. The van der Waals surface area contributed by atoms with Crippen LogP contribution in [0.2, 0.25) is 0 Å². The van der Waals surface area contributed by atoms with Gasteiger partial charge in [-0.15, -0.1) is 0 Å². The lowest BCUT2D eigenvalue weighted by atomic mass is 10.1. The average Bonchev–Trinajstić information content (AvgIpc) is 3.19.